The van der Waals surface area contributed by atoms with Gasteiger partial charge < -0.3 is 23.8 Å². The molecule has 0 spiro atoms. The maximum atomic E-state index is 14.4. The molecular weight excluding hydrogens is 611 g/mol. The Kier molecular flexibility index (Phi) is 10.4. The van der Waals surface area contributed by atoms with Crippen LogP contribution in [0.2, 0.25) is 0 Å². The summed E-state index contributed by atoms with van der Waals surface area (Å²) in [6.45, 7) is 19.3. The molecule has 0 aliphatic carbocycles. The highest BCUT2D eigenvalue weighted by Crippen LogP contribution is 2.39. The number of hydrogen-bond acceptors (Lipinski definition) is 8. The summed E-state index contributed by atoms with van der Waals surface area (Å²) >= 11 is 0. The fraction of sp³-hybridized carbons (Fsp3) is 0.395. The molecule has 0 N–H and O–H groups in total. The summed E-state index contributed by atoms with van der Waals surface area (Å²) in [7, 11) is 1.36. The summed E-state index contributed by atoms with van der Waals surface area (Å²) in [6, 6.07) is 14.1. The first-order valence-corrected chi connectivity index (χ1v) is 16.2. The fourth-order valence-corrected chi connectivity index (χ4v) is 6.00. The van der Waals surface area contributed by atoms with Crippen molar-refractivity contribution in [2.75, 3.05) is 38.3 Å². The number of ether oxygens (including phenoxy) is 4. The van der Waals surface area contributed by atoms with E-state index in [4.69, 9.17) is 29.0 Å². The second kappa shape index (κ2) is 14.3. The Hall–Kier alpha value is -4.54. The van der Waals surface area contributed by atoms with Crippen LogP contribution in [0.1, 0.15) is 57.9 Å². The van der Waals surface area contributed by atoms with Crippen molar-refractivity contribution in [3.05, 3.63) is 90.9 Å². The molecule has 9 nitrogen and oxygen atoms in total. The quantitative estimate of drug-likeness (QED) is 0.113. The standard InChI is InChI=1S/C38H45FN4O5/c1-9-20-46-31-15-14-28(39)23-29(31)26-12-11-13-27(22-26)30-24-32-40-25(3)33(34(36(44)45-8)48-37(4,5)6)35(43(32)41-30)42-18-16-38(7,17-19-42)47-21-10-2/h9-15,22-24,34H,1-2,16-21H2,3-8H3/t34-/m0/s1. The van der Waals surface area contributed by atoms with E-state index in [0.717, 1.165) is 29.8 Å². The normalized spacial score (nSPS) is 15.3. The first kappa shape index (κ1) is 34.8. The van der Waals surface area contributed by atoms with Crippen molar-refractivity contribution >= 4 is 17.4 Å². The lowest BCUT2D eigenvalue weighted by Gasteiger charge is -2.41. The Labute approximate surface area is 282 Å². The molecule has 0 radical (unpaired) electrons. The Balaban J connectivity index is 1.65. The van der Waals surface area contributed by atoms with Gasteiger partial charge in [0.25, 0.3) is 0 Å². The number of esters is 1. The highest BCUT2D eigenvalue weighted by molar-refractivity contribution is 5.81. The van der Waals surface area contributed by atoms with Crippen LogP contribution >= 0.6 is 0 Å². The summed E-state index contributed by atoms with van der Waals surface area (Å²) in [5.41, 5.74) is 3.75. The molecule has 0 unspecified atom stereocenters. The Morgan fingerprint density at radius 1 is 1.06 bits per heavy atom. The zero-order valence-corrected chi connectivity index (χ0v) is 28.7. The Morgan fingerprint density at radius 3 is 2.44 bits per heavy atom. The zero-order chi connectivity index (χ0) is 34.6. The van der Waals surface area contributed by atoms with Gasteiger partial charge in [0.15, 0.2) is 11.8 Å². The summed E-state index contributed by atoms with van der Waals surface area (Å²) in [4.78, 5) is 20.5. The average molecular weight is 657 g/mol. The molecule has 4 aromatic rings. The van der Waals surface area contributed by atoms with E-state index in [9.17, 15) is 9.18 Å². The monoisotopic (exact) mass is 656 g/mol. The average Bonchev–Trinajstić information content (AvgIpc) is 3.49. The van der Waals surface area contributed by atoms with Crippen molar-refractivity contribution in [1.82, 2.24) is 14.6 Å². The second-order valence-electron chi connectivity index (χ2n) is 13.2. The first-order chi connectivity index (χ1) is 22.9. The molecule has 0 amide bonds. The molecular formula is C38H45FN4O5. The molecule has 5 rings (SSSR count). The molecule has 48 heavy (non-hydrogen) atoms. The van der Waals surface area contributed by atoms with E-state index >= 15 is 0 Å². The molecule has 1 aliphatic heterocycles. The van der Waals surface area contributed by atoms with Gasteiger partial charge in [-0.1, -0.05) is 36.9 Å². The summed E-state index contributed by atoms with van der Waals surface area (Å²) in [5, 5.41) is 5.08. The number of aryl methyl sites for hydroxylation is 1. The number of piperidine rings is 1. The van der Waals surface area contributed by atoms with Gasteiger partial charge in [-0.15, -0.1) is 6.58 Å². The maximum Gasteiger partial charge on any atom is 0.339 e. The Morgan fingerprint density at radius 2 is 1.77 bits per heavy atom. The van der Waals surface area contributed by atoms with Gasteiger partial charge >= 0.3 is 5.97 Å². The van der Waals surface area contributed by atoms with E-state index in [1.165, 1.54) is 19.2 Å². The number of halogens is 1. The Bertz CT molecular complexity index is 1800. The minimum atomic E-state index is -1.04. The number of aromatic nitrogens is 3. The SMILES string of the molecule is C=CCOc1ccc(F)cc1-c1cccc(-c2cc3nc(C)c([C@H](OC(C)(C)C)C(=O)OC)c(N4CCC(C)(OCC=C)CC4)n3n2)c1. The predicted octanol–water partition coefficient (Wildman–Crippen LogP) is 7.67. The predicted molar refractivity (Wildman–Crippen MR) is 186 cm³/mol. The minimum absolute atomic E-state index is 0.294. The van der Waals surface area contributed by atoms with Gasteiger partial charge in [0.2, 0.25) is 0 Å². The molecule has 2 aromatic heterocycles. The third-order valence-corrected chi connectivity index (χ3v) is 8.39. The number of benzene rings is 2. The van der Waals surface area contributed by atoms with Gasteiger partial charge in [-0.2, -0.15) is 9.61 Å². The third kappa shape index (κ3) is 7.61. The number of fused-ring (bicyclic) bond motifs is 1. The van der Waals surface area contributed by atoms with Crippen molar-refractivity contribution < 1.29 is 28.1 Å². The topological polar surface area (TPSA) is 87.4 Å². The van der Waals surface area contributed by atoms with Crippen molar-refractivity contribution in [3.63, 3.8) is 0 Å². The molecule has 10 heteroatoms. The minimum Gasteiger partial charge on any atom is -0.489 e. The number of hydrogen-bond donors (Lipinski definition) is 0. The first-order valence-electron chi connectivity index (χ1n) is 16.2. The van der Waals surface area contributed by atoms with Crippen molar-refractivity contribution in [1.29, 1.82) is 0 Å². The van der Waals surface area contributed by atoms with E-state index in [1.807, 2.05) is 58.0 Å². The number of carbonyl (C=O) groups is 1. The number of anilines is 1. The smallest absolute Gasteiger partial charge is 0.339 e. The molecule has 0 bridgehead atoms. The van der Waals surface area contributed by atoms with Gasteiger partial charge in [0.1, 0.15) is 24.0 Å². The van der Waals surface area contributed by atoms with Crippen LogP contribution in [0.3, 0.4) is 0 Å². The van der Waals surface area contributed by atoms with Crippen molar-refractivity contribution in [2.24, 2.45) is 0 Å². The van der Waals surface area contributed by atoms with E-state index in [1.54, 1.807) is 22.7 Å². The van der Waals surface area contributed by atoms with Crippen molar-refractivity contribution in [2.45, 2.75) is 64.8 Å². The summed E-state index contributed by atoms with van der Waals surface area (Å²) in [5.74, 6) is 0.387. The van der Waals surface area contributed by atoms with Gasteiger partial charge in [0.05, 0.1) is 36.2 Å². The van der Waals surface area contributed by atoms with Crippen LogP contribution in [-0.4, -0.2) is 65.2 Å². The summed E-state index contributed by atoms with van der Waals surface area (Å²) < 4.78 is 39.8. The van der Waals surface area contributed by atoms with Crippen LogP contribution in [0.5, 0.6) is 5.75 Å². The van der Waals surface area contributed by atoms with E-state index in [0.29, 0.717) is 60.2 Å². The maximum absolute atomic E-state index is 14.4. The highest BCUT2D eigenvalue weighted by Gasteiger charge is 2.38. The van der Waals surface area contributed by atoms with Gasteiger partial charge in [0, 0.05) is 36.0 Å². The number of methoxy groups -OCH3 is 1. The number of nitrogens with zero attached hydrogens (tertiary/aromatic N) is 4. The van der Waals surface area contributed by atoms with Crippen LogP contribution in [0, 0.1) is 12.7 Å². The fourth-order valence-electron chi connectivity index (χ4n) is 6.00. The molecule has 1 fully saturated rings. The number of carbonyl (C=O) groups excluding carboxylic acids is 1. The van der Waals surface area contributed by atoms with Crippen LogP contribution in [0.25, 0.3) is 28.0 Å². The number of rotatable bonds is 12. The van der Waals surface area contributed by atoms with Gasteiger partial charge in [-0.25, -0.2) is 14.2 Å². The van der Waals surface area contributed by atoms with E-state index < -0.39 is 17.7 Å². The molecule has 3 heterocycles. The molecule has 2 aromatic carbocycles. The van der Waals surface area contributed by atoms with Crippen LogP contribution < -0.4 is 9.64 Å². The zero-order valence-electron chi connectivity index (χ0n) is 28.7. The molecule has 254 valence electrons. The lowest BCUT2D eigenvalue weighted by Crippen LogP contribution is -2.45. The molecule has 0 saturated carbocycles. The lowest BCUT2D eigenvalue weighted by molar-refractivity contribution is -0.164. The molecule has 1 atom stereocenters. The third-order valence-electron chi connectivity index (χ3n) is 8.39. The van der Waals surface area contributed by atoms with Crippen molar-refractivity contribution in [3.8, 4) is 28.1 Å². The van der Waals surface area contributed by atoms with Crippen LogP contribution in [-0.2, 0) is 19.0 Å². The lowest BCUT2D eigenvalue weighted by atomic mass is 9.92. The van der Waals surface area contributed by atoms with Crippen LogP contribution in [0.4, 0.5) is 10.2 Å². The van der Waals surface area contributed by atoms with Gasteiger partial charge in [-0.3, -0.25) is 0 Å². The second-order valence-corrected chi connectivity index (χ2v) is 13.2. The van der Waals surface area contributed by atoms with Gasteiger partial charge in [-0.05, 0) is 77.3 Å². The molecule has 1 saturated heterocycles. The summed E-state index contributed by atoms with van der Waals surface area (Å²) in [6.07, 6.45) is 3.89. The van der Waals surface area contributed by atoms with E-state index in [-0.39, 0.29) is 11.4 Å². The van der Waals surface area contributed by atoms with Crippen LogP contribution in [0.15, 0.2) is 73.8 Å². The highest BCUT2D eigenvalue weighted by atomic mass is 19.1. The van der Waals surface area contributed by atoms with E-state index in [2.05, 4.69) is 25.0 Å². The largest absolute Gasteiger partial charge is 0.489 e. The molecule has 1 aliphatic rings.